The SMILES string of the molecule is CN1C(=O)CC(NC(=O)c2cccc(C#N)c2)C1=O. The maximum atomic E-state index is 11.9. The van der Waals surface area contributed by atoms with E-state index in [4.69, 9.17) is 5.26 Å². The number of nitriles is 1. The van der Waals surface area contributed by atoms with Crippen molar-refractivity contribution in [1.82, 2.24) is 10.2 Å². The van der Waals surface area contributed by atoms with Crippen LogP contribution in [0.5, 0.6) is 0 Å². The highest BCUT2D eigenvalue weighted by Gasteiger charge is 2.36. The summed E-state index contributed by atoms with van der Waals surface area (Å²) in [5.41, 5.74) is 0.646. The molecule has 6 heteroatoms. The van der Waals surface area contributed by atoms with E-state index in [-0.39, 0.29) is 17.9 Å². The standard InChI is InChI=1S/C13H11N3O3/c1-16-11(17)6-10(13(16)19)15-12(18)9-4-2-3-8(5-9)7-14/h2-5,10H,6H2,1H3,(H,15,18). The van der Waals surface area contributed by atoms with Gasteiger partial charge in [0.15, 0.2) is 0 Å². The first-order valence-electron chi connectivity index (χ1n) is 5.64. The fourth-order valence-electron chi connectivity index (χ4n) is 1.84. The summed E-state index contributed by atoms with van der Waals surface area (Å²) in [6.45, 7) is 0. The summed E-state index contributed by atoms with van der Waals surface area (Å²) in [5, 5.41) is 11.2. The zero-order chi connectivity index (χ0) is 14.0. The summed E-state index contributed by atoms with van der Waals surface area (Å²) in [6, 6.07) is 7.24. The predicted molar refractivity (Wildman–Crippen MR) is 64.8 cm³/mol. The fraction of sp³-hybridized carbons (Fsp3) is 0.231. The van der Waals surface area contributed by atoms with Crippen LogP contribution in [0.4, 0.5) is 0 Å². The molecule has 0 spiro atoms. The van der Waals surface area contributed by atoms with Crippen molar-refractivity contribution in [1.29, 1.82) is 5.26 Å². The third-order valence-electron chi connectivity index (χ3n) is 2.94. The number of nitrogens with zero attached hydrogens (tertiary/aromatic N) is 2. The van der Waals surface area contributed by atoms with E-state index in [0.717, 1.165) is 4.90 Å². The lowest BCUT2D eigenvalue weighted by Crippen LogP contribution is -2.40. The Morgan fingerprint density at radius 3 is 2.79 bits per heavy atom. The smallest absolute Gasteiger partial charge is 0.252 e. The molecule has 1 saturated heterocycles. The van der Waals surface area contributed by atoms with E-state index in [9.17, 15) is 14.4 Å². The molecule has 96 valence electrons. The van der Waals surface area contributed by atoms with Crippen molar-refractivity contribution in [2.45, 2.75) is 12.5 Å². The van der Waals surface area contributed by atoms with E-state index in [1.54, 1.807) is 18.2 Å². The van der Waals surface area contributed by atoms with Gasteiger partial charge >= 0.3 is 0 Å². The summed E-state index contributed by atoms with van der Waals surface area (Å²) >= 11 is 0. The van der Waals surface area contributed by atoms with Gasteiger partial charge in [0, 0.05) is 12.6 Å². The van der Waals surface area contributed by atoms with Crippen molar-refractivity contribution in [2.75, 3.05) is 7.05 Å². The monoisotopic (exact) mass is 257 g/mol. The average Bonchev–Trinajstić information content (AvgIpc) is 2.66. The molecule has 1 fully saturated rings. The minimum Gasteiger partial charge on any atom is -0.340 e. The minimum absolute atomic E-state index is 0.0288. The predicted octanol–water partition coefficient (Wildman–Crippen LogP) is 0.0454. The van der Waals surface area contributed by atoms with Gasteiger partial charge < -0.3 is 5.32 Å². The summed E-state index contributed by atoms with van der Waals surface area (Å²) in [7, 11) is 1.38. The summed E-state index contributed by atoms with van der Waals surface area (Å²) < 4.78 is 0. The molecule has 2 rings (SSSR count). The Hall–Kier alpha value is -2.68. The number of nitrogens with one attached hydrogen (secondary N) is 1. The van der Waals surface area contributed by atoms with Crippen LogP contribution in [-0.4, -0.2) is 35.7 Å². The minimum atomic E-state index is -0.823. The summed E-state index contributed by atoms with van der Waals surface area (Å²) in [4.78, 5) is 35.9. The molecule has 0 aliphatic carbocycles. The third kappa shape index (κ3) is 2.45. The molecule has 3 amide bonds. The lowest BCUT2D eigenvalue weighted by atomic mass is 10.1. The number of hydrogen-bond donors (Lipinski definition) is 1. The molecular formula is C13H11N3O3. The largest absolute Gasteiger partial charge is 0.340 e. The van der Waals surface area contributed by atoms with Gasteiger partial charge in [-0.2, -0.15) is 5.26 Å². The average molecular weight is 257 g/mol. The number of carbonyl (C=O) groups is 3. The Morgan fingerprint density at radius 1 is 1.47 bits per heavy atom. The molecule has 0 saturated carbocycles. The van der Waals surface area contributed by atoms with Crippen LogP contribution in [-0.2, 0) is 9.59 Å². The van der Waals surface area contributed by atoms with Gasteiger partial charge in [0.25, 0.3) is 11.8 Å². The molecule has 19 heavy (non-hydrogen) atoms. The van der Waals surface area contributed by atoms with Crippen LogP contribution >= 0.6 is 0 Å². The Balaban J connectivity index is 2.12. The molecule has 6 nitrogen and oxygen atoms in total. The zero-order valence-electron chi connectivity index (χ0n) is 10.2. The summed E-state index contributed by atoms with van der Waals surface area (Å²) in [6.07, 6.45) is -0.0288. The van der Waals surface area contributed by atoms with Crippen LogP contribution < -0.4 is 5.32 Å². The second-order valence-electron chi connectivity index (χ2n) is 4.21. The first-order valence-corrected chi connectivity index (χ1v) is 5.64. The molecule has 1 aliphatic rings. The van der Waals surface area contributed by atoms with Crippen LogP contribution in [0.15, 0.2) is 24.3 Å². The molecular weight excluding hydrogens is 246 g/mol. The Bertz CT molecular complexity index is 603. The number of imide groups is 1. The van der Waals surface area contributed by atoms with E-state index < -0.39 is 17.9 Å². The van der Waals surface area contributed by atoms with E-state index >= 15 is 0 Å². The van der Waals surface area contributed by atoms with E-state index in [2.05, 4.69) is 5.32 Å². The van der Waals surface area contributed by atoms with Gasteiger partial charge in [-0.3, -0.25) is 19.3 Å². The fourth-order valence-corrected chi connectivity index (χ4v) is 1.84. The van der Waals surface area contributed by atoms with Crippen molar-refractivity contribution < 1.29 is 14.4 Å². The summed E-state index contributed by atoms with van der Waals surface area (Å²) in [5.74, 6) is -1.21. The van der Waals surface area contributed by atoms with E-state index in [1.165, 1.54) is 13.1 Å². The van der Waals surface area contributed by atoms with Crippen LogP contribution in [0.2, 0.25) is 0 Å². The van der Waals surface area contributed by atoms with Crippen LogP contribution in [0.3, 0.4) is 0 Å². The van der Waals surface area contributed by atoms with Gasteiger partial charge in [0.1, 0.15) is 6.04 Å². The van der Waals surface area contributed by atoms with Gasteiger partial charge in [0.2, 0.25) is 5.91 Å². The number of likely N-dealkylation sites (tertiary alicyclic amines) is 1. The molecule has 0 bridgehead atoms. The molecule has 0 aromatic heterocycles. The lowest BCUT2D eigenvalue weighted by Gasteiger charge is -2.11. The third-order valence-corrected chi connectivity index (χ3v) is 2.94. The normalized spacial score (nSPS) is 18.3. The van der Waals surface area contributed by atoms with Crippen molar-refractivity contribution in [3.63, 3.8) is 0 Å². The molecule has 1 aromatic carbocycles. The topological polar surface area (TPSA) is 90.3 Å². The van der Waals surface area contributed by atoms with Crippen LogP contribution in [0.25, 0.3) is 0 Å². The van der Waals surface area contributed by atoms with Crippen molar-refractivity contribution >= 4 is 17.7 Å². The quantitative estimate of drug-likeness (QED) is 0.758. The molecule has 1 unspecified atom stereocenters. The Labute approximate surface area is 109 Å². The van der Waals surface area contributed by atoms with E-state index in [0.29, 0.717) is 5.56 Å². The molecule has 1 atom stereocenters. The van der Waals surface area contributed by atoms with Gasteiger partial charge in [-0.1, -0.05) is 6.07 Å². The molecule has 0 radical (unpaired) electrons. The highest BCUT2D eigenvalue weighted by Crippen LogP contribution is 2.12. The second-order valence-corrected chi connectivity index (χ2v) is 4.21. The first-order chi connectivity index (χ1) is 9.02. The van der Waals surface area contributed by atoms with Gasteiger partial charge in [-0.05, 0) is 18.2 Å². The molecule has 1 aromatic rings. The number of likely N-dealkylation sites (N-methyl/N-ethyl adjacent to an activating group) is 1. The van der Waals surface area contributed by atoms with Crippen molar-refractivity contribution in [3.8, 4) is 6.07 Å². The van der Waals surface area contributed by atoms with Gasteiger partial charge in [0.05, 0.1) is 18.1 Å². The Kier molecular flexibility index (Phi) is 3.29. The number of amides is 3. The van der Waals surface area contributed by atoms with Crippen molar-refractivity contribution in [2.24, 2.45) is 0 Å². The number of carbonyl (C=O) groups excluding carboxylic acids is 3. The molecule has 1 heterocycles. The van der Waals surface area contributed by atoms with Gasteiger partial charge in [-0.25, -0.2) is 0 Å². The van der Waals surface area contributed by atoms with E-state index in [1.807, 2.05) is 6.07 Å². The molecule has 1 aliphatic heterocycles. The van der Waals surface area contributed by atoms with Gasteiger partial charge in [-0.15, -0.1) is 0 Å². The van der Waals surface area contributed by atoms with Crippen LogP contribution in [0, 0.1) is 11.3 Å². The lowest BCUT2D eigenvalue weighted by molar-refractivity contribution is -0.137. The maximum absolute atomic E-state index is 11.9. The second kappa shape index (κ2) is 4.90. The van der Waals surface area contributed by atoms with Crippen molar-refractivity contribution in [3.05, 3.63) is 35.4 Å². The maximum Gasteiger partial charge on any atom is 0.252 e. The molecule has 1 N–H and O–H groups in total. The highest BCUT2D eigenvalue weighted by molar-refractivity contribution is 6.08. The number of benzene rings is 1. The number of rotatable bonds is 2. The highest BCUT2D eigenvalue weighted by atomic mass is 16.2. The number of hydrogen-bond acceptors (Lipinski definition) is 4. The Morgan fingerprint density at radius 2 is 2.21 bits per heavy atom. The zero-order valence-corrected chi connectivity index (χ0v) is 10.2. The first kappa shape index (κ1) is 12.8. The van der Waals surface area contributed by atoms with Crippen LogP contribution in [0.1, 0.15) is 22.3 Å².